The van der Waals surface area contributed by atoms with Crippen LogP contribution in [0.4, 0.5) is 0 Å². The van der Waals surface area contributed by atoms with Crippen LogP contribution in [-0.2, 0) is 6.42 Å². The van der Waals surface area contributed by atoms with Crippen molar-refractivity contribution in [2.24, 2.45) is 5.84 Å². The van der Waals surface area contributed by atoms with Gasteiger partial charge in [-0.15, -0.1) is 0 Å². The molecule has 15 heavy (non-hydrogen) atoms. The minimum absolute atomic E-state index is 0.214. The fourth-order valence-electron chi connectivity index (χ4n) is 1.54. The fourth-order valence-corrected chi connectivity index (χ4v) is 1.54. The van der Waals surface area contributed by atoms with Gasteiger partial charge in [0.25, 0.3) is 0 Å². The van der Waals surface area contributed by atoms with E-state index in [9.17, 15) is 0 Å². The largest absolute Gasteiger partial charge is 0.271 e. The second-order valence-corrected chi connectivity index (χ2v) is 4.09. The van der Waals surface area contributed by atoms with Crippen LogP contribution in [0.1, 0.15) is 24.5 Å². The van der Waals surface area contributed by atoms with Crippen LogP contribution in [-0.4, -0.2) is 6.04 Å². The minimum atomic E-state index is 0.214. The first-order chi connectivity index (χ1) is 7.13. The summed E-state index contributed by atoms with van der Waals surface area (Å²) < 4.78 is 0. The van der Waals surface area contributed by atoms with Crippen LogP contribution in [0.25, 0.3) is 0 Å². The smallest absolute Gasteiger partial charge is 0.0417 e. The number of benzene rings is 1. The maximum Gasteiger partial charge on any atom is 0.0417 e. The Balaban J connectivity index is 2.49. The van der Waals surface area contributed by atoms with Crippen molar-refractivity contribution in [1.29, 1.82) is 0 Å². The van der Waals surface area contributed by atoms with Crippen molar-refractivity contribution in [1.82, 2.24) is 5.43 Å². The summed E-state index contributed by atoms with van der Waals surface area (Å²) in [6.45, 7) is 8.01. The molecule has 1 atom stereocenters. The molecule has 2 heteroatoms. The second kappa shape index (κ2) is 5.69. The standard InChI is InChI=1S/C13H20N2/c1-10(2)13(15-14)9-8-12-6-4-11(3)5-7-12/h4-7,13,15H,1,8-9,14H2,2-3H3. The SMILES string of the molecule is C=C(C)C(CCc1ccc(C)cc1)NN. The number of hydrogen-bond acceptors (Lipinski definition) is 2. The van der Waals surface area contributed by atoms with Gasteiger partial charge in [-0.2, -0.15) is 0 Å². The molecule has 0 aliphatic heterocycles. The zero-order valence-electron chi connectivity index (χ0n) is 9.59. The summed E-state index contributed by atoms with van der Waals surface area (Å²) in [5, 5.41) is 0. The Bertz CT molecular complexity index is 314. The van der Waals surface area contributed by atoms with Gasteiger partial charge in [0.05, 0.1) is 0 Å². The minimum Gasteiger partial charge on any atom is -0.271 e. The molecule has 0 spiro atoms. The zero-order chi connectivity index (χ0) is 11.3. The molecule has 1 aromatic rings. The van der Waals surface area contributed by atoms with E-state index in [2.05, 4.69) is 43.2 Å². The monoisotopic (exact) mass is 204 g/mol. The molecule has 3 N–H and O–H groups in total. The highest BCUT2D eigenvalue weighted by atomic mass is 15.2. The predicted octanol–water partition coefficient (Wildman–Crippen LogP) is 2.34. The molecule has 0 amide bonds. The van der Waals surface area contributed by atoms with Crippen LogP contribution in [0.3, 0.4) is 0 Å². The lowest BCUT2D eigenvalue weighted by molar-refractivity contribution is 0.554. The summed E-state index contributed by atoms with van der Waals surface area (Å²) in [6.07, 6.45) is 2.02. The van der Waals surface area contributed by atoms with Crippen LogP contribution in [0, 0.1) is 6.92 Å². The predicted molar refractivity (Wildman–Crippen MR) is 65.4 cm³/mol. The first-order valence-electron chi connectivity index (χ1n) is 5.30. The van der Waals surface area contributed by atoms with Gasteiger partial charge in [0.2, 0.25) is 0 Å². The molecule has 0 fully saturated rings. The number of hydrazine groups is 1. The van der Waals surface area contributed by atoms with Crippen LogP contribution in [0.15, 0.2) is 36.4 Å². The first-order valence-corrected chi connectivity index (χ1v) is 5.30. The maximum atomic E-state index is 5.45. The highest BCUT2D eigenvalue weighted by Crippen LogP contribution is 2.10. The summed E-state index contributed by atoms with van der Waals surface area (Å²) >= 11 is 0. The van der Waals surface area contributed by atoms with Gasteiger partial charge in [-0.25, -0.2) is 0 Å². The number of hydrogen-bond donors (Lipinski definition) is 2. The molecule has 82 valence electrons. The van der Waals surface area contributed by atoms with Crippen molar-refractivity contribution in [2.45, 2.75) is 32.7 Å². The Morgan fingerprint density at radius 1 is 1.40 bits per heavy atom. The molecule has 0 aromatic heterocycles. The lowest BCUT2D eigenvalue weighted by Gasteiger charge is -2.15. The molecule has 0 saturated carbocycles. The number of nitrogens with one attached hydrogen (secondary N) is 1. The van der Waals surface area contributed by atoms with Crippen molar-refractivity contribution in [3.63, 3.8) is 0 Å². The molecule has 1 rings (SSSR count). The Morgan fingerprint density at radius 2 is 2.00 bits per heavy atom. The van der Waals surface area contributed by atoms with Crippen LogP contribution >= 0.6 is 0 Å². The molecule has 0 bridgehead atoms. The molecule has 0 heterocycles. The van der Waals surface area contributed by atoms with E-state index < -0.39 is 0 Å². The Kier molecular flexibility index (Phi) is 4.53. The number of nitrogens with two attached hydrogens (primary N) is 1. The summed E-state index contributed by atoms with van der Waals surface area (Å²) in [7, 11) is 0. The topological polar surface area (TPSA) is 38.0 Å². The molecular weight excluding hydrogens is 184 g/mol. The molecule has 0 saturated heterocycles. The third kappa shape index (κ3) is 3.86. The molecule has 0 aliphatic carbocycles. The Morgan fingerprint density at radius 3 is 2.47 bits per heavy atom. The molecule has 1 unspecified atom stereocenters. The van der Waals surface area contributed by atoms with Crippen LogP contribution < -0.4 is 11.3 Å². The third-order valence-corrected chi connectivity index (χ3v) is 2.64. The molecule has 1 aromatic carbocycles. The first kappa shape index (κ1) is 12.0. The average Bonchev–Trinajstić information content (AvgIpc) is 2.21. The molecule has 0 aliphatic rings. The van der Waals surface area contributed by atoms with Crippen molar-refractivity contribution in [3.8, 4) is 0 Å². The summed E-state index contributed by atoms with van der Waals surface area (Å²) in [5.41, 5.74) is 6.52. The van der Waals surface area contributed by atoms with Gasteiger partial charge in [0.15, 0.2) is 0 Å². The van der Waals surface area contributed by atoms with E-state index in [0.717, 1.165) is 18.4 Å². The third-order valence-electron chi connectivity index (χ3n) is 2.64. The Hall–Kier alpha value is -1.12. The van der Waals surface area contributed by atoms with E-state index in [0.29, 0.717) is 0 Å². The van der Waals surface area contributed by atoms with Gasteiger partial charge in [0, 0.05) is 6.04 Å². The lowest BCUT2D eigenvalue weighted by atomic mass is 10.0. The van der Waals surface area contributed by atoms with Gasteiger partial charge in [-0.05, 0) is 32.3 Å². The van der Waals surface area contributed by atoms with E-state index in [1.807, 2.05) is 6.92 Å². The number of rotatable bonds is 5. The highest BCUT2D eigenvalue weighted by Gasteiger charge is 2.06. The fraction of sp³-hybridized carbons (Fsp3) is 0.385. The van der Waals surface area contributed by atoms with Crippen molar-refractivity contribution < 1.29 is 0 Å². The van der Waals surface area contributed by atoms with Crippen LogP contribution in [0.5, 0.6) is 0 Å². The van der Waals surface area contributed by atoms with Gasteiger partial charge in [-0.3, -0.25) is 11.3 Å². The highest BCUT2D eigenvalue weighted by molar-refractivity contribution is 5.21. The van der Waals surface area contributed by atoms with Crippen LogP contribution in [0.2, 0.25) is 0 Å². The van der Waals surface area contributed by atoms with Crippen molar-refractivity contribution >= 4 is 0 Å². The average molecular weight is 204 g/mol. The van der Waals surface area contributed by atoms with Gasteiger partial charge < -0.3 is 0 Å². The van der Waals surface area contributed by atoms with E-state index in [1.54, 1.807) is 0 Å². The molecule has 2 nitrogen and oxygen atoms in total. The zero-order valence-corrected chi connectivity index (χ0v) is 9.59. The molecule has 0 radical (unpaired) electrons. The van der Waals surface area contributed by atoms with E-state index in [1.165, 1.54) is 11.1 Å². The van der Waals surface area contributed by atoms with E-state index in [4.69, 9.17) is 5.84 Å². The number of aryl methyl sites for hydroxylation is 2. The van der Waals surface area contributed by atoms with Crippen molar-refractivity contribution in [2.75, 3.05) is 0 Å². The quantitative estimate of drug-likeness (QED) is 0.439. The summed E-state index contributed by atoms with van der Waals surface area (Å²) in [4.78, 5) is 0. The van der Waals surface area contributed by atoms with Crippen molar-refractivity contribution in [3.05, 3.63) is 47.5 Å². The van der Waals surface area contributed by atoms with Gasteiger partial charge >= 0.3 is 0 Å². The summed E-state index contributed by atoms with van der Waals surface area (Å²) in [5.74, 6) is 5.45. The maximum absolute atomic E-state index is 5.45. The van der Waals surface area contributed by atoms with Gasteiger partial charge in [-0.1, -0.05) is 42.0 Å². The van der Waals surface area contributed by atoms with Gasteiger partial charge in [0.1, 0.15) is 0 Å². The molecular formula is C13H20N2. The summed E-state index contributed by atoms with van der Waals surface area (Å²) in [6, 6.07) is 8.83. The van der Waals surface area contributed by atoms with E-state index in [-0.39, 0.29) is 6.04 Å². The second-order valence-electron chi connectivity index (χ2n) is 4.09. The van der Waals surface area contributed by atoms with E-state index >= 15 is 0 Å². The lowest BCUT2D eigenvalue weighted by Crippen LogP contribution is -2.36. The normalized spacial score (nSPS) is 12.5. The Labute approximate surface area is 92.2 Å².